The van der Waals surface area contributed by atoms with Crippen molar-refractivity contribution in [1.82, 2.24) is 0 Å². The van der Waals surface area contributed by atoms with Gasteiger partial charge in [0.25, 0.3) is 0 Å². The first-order valence-electron chi connectivity index (χ1n) is 4.39. The van der Waals surface area contributed by atoms with Gasteiger partial charge in [-0.25, -0.2) is 9.78 Å². The molecule has 0 aliphatic heterocycles. The molecule has 0 saturated heterocycles. The van der Waals surface area contributed by atoms with Crippen LogP contribution in [0.5, 0.6) is 0 Å². The minimum atomic E-state index is 0.478. The van der Waals surface area contributed by atoms with Crippen LogP contribution in [0.25, 0.3) is 0 Å². The topological polar surface area (TPSA) is 18.5 Å². The fourth-order valence-corrected chi connectivity index (χ4v) is 0.566. The van der Waals surface area contributed by atoms with Crippen LogP contribution in [-0.4, -0.2) is 13.2 Å². The molecular weight excluding hydrogens is 188 g/mol. The molecule has 0 radical (unpaired) electrons. The molecule has 0 aromatic rings. The van der Waals surface area contributed by atoms with E-state index in [9.17, 15) is 0 Å². The molecule has 0 aromatic heterocycles. The van der Waals surface area contributed by atoms with Gasteiger partial charge in [0.15, 0.2) is 0 Å². The molecule has 78 valence electrons. The average Bonchev–Trinajstić information content (AvgIpc) is 2.13. The van der Waals surface area contributed by atoms with Crippen LogP contribution < -0.4 is 0 Å². The summed E-state index contributed by atoms with van der Waals surface area (Å²) in [5.41, 5.74) is 1.22. The van der Waals surface area contributed by atoms with Gasteiger partial charge in [0, 0.05) is 0 Å². The summed E-state index contributed by atoms with van der Waals surface area (Å²) >= 11 is 4.76. The van der Waals surface area contributed by atoms with Crippen molar-refractivity contribution >= 4 is 11.6 Å². The molecule has 0 bridgehead atoms. The first-order valence-corrected chi connectivity index (χ1v) is 4.83. The van der Waals surface area contributed by atoms with Crippen molar-refractivity contribution in [3.05, 3.63) is 24.8 Å². The molecule has 0 aliphatic rings. The summed E-state index contributed by atoms with van der Waals surface area (Å²) in [4.78, 5) is 9.52. The first-order chi connectivity index (χ1) is 6.33. The maximum absolute atomic E-state index is 4.80. The fraction of sp³-hybridized carbons (Fsp3) is 0.600. The van der Waals surface area contributed by atoms with Crippen LogP contribution in [0.1, 0.15) is 26.2 Å². The summed E-state index contributed by atoms with van der Waals surface area (Å²) in [6, 6.07) is 0. The second-order valence-electron chi connectivity index (χ2n) is 2.26. The van der Waals surface area contributed by atoms with Crippen molar-refractivity contribution in [3.63, 3.8) is 0 Å². The molecule has 0 aliphatic carbocycles. The summed E-state index contributed by atoms with van der Waals surface area (Å²) < 4.78 is 0. The molecule has 2 nitrogen and oxygen atoms in total. The number of hydrogen-bond acceptors (Lipinski definition) is 2. The molecule has 0 fully saturated rings. The van der Waals surface area contributed by atoms with E-state index >= 15 is 0 Å². The zero-order valence-corrected chi connectivity index (χ0v) is 9.05. The normalized spacial score (nSPS) is 8.46. The Morgan fingerprint density at radius 1 is 1.23 bits per heavy atom. The van der Waals surface area contributed by atoms with E-state index in [-0.39, 0.29) is 0 Å². The second kappa shape index (κ2) is 17.7. The predicted octanol–water partition coefficient (Wildman–Crippen LogP) is 3.68. The van der Waals surface area contributed by atoms with Crippen LogP contribution in [0.3, 0.4) is 0 Å². The summed E-state index contributed by atoms with van der Waals surface area (Å²) in [5, 5.41) is 0. The molecule has 0 heterocycles. The first kappa shape index (κ1) is 15.2. The molecule has 3 heteroatoms. The predicted molar refractivity (Wildman–Crippen MR) is 57.7 cm³/mol. The van der Waals surface area contributed by atoms with Gasteiger partial charge in [-0.3, -0.25) is 0 Å². The SMILES string of the molecule is C=CCOOCCCCC.C=CCl. The molecular formula is C10H19ClO2. The van der Waals surface area contributed by atoms with Crippen LogP contribution in [0, 0.1) is 0 Å². The molecule has 0 saturated carbocycles. The Kier molecular flexibility index (Phi) is 20.7. The van der Waals surface area contributed by atoms with Crippen LogP contribution >= 0.6 is 11.6 Å². The molecule has 0 rings (SSSR count). The second-order valence-corrected chi connectivity index (χ2v) is 2.57. The molecule has 13 heavy (non-hydrogen) atoms. The van der Waals surface area contributed by atoms with Crippen molar-refractivity contribution in [1.29, 1.82) is 0 Å². The quantitative estimate of drug-likeness (QED) is 0.274. The highest BCUT2D eigenvalue weighted by molar-refractivity contribution is 6.25. The van der Waals surface area contributed by atoms with E-state index in [0.717, 1.165) is 6.42 Å². The van der Waals surface area contributed by atoms with Gasteiger partial charge in [-0.05, 0) is 12.0 Å². The zero-order chi connectivity index (χ0) is 10.4. The van der Waals surface area contributed by atoms with Crippen molar-refractivity contribution in [3.8, 4) is 0 Å². The summed E-state index contributed by atoms with van der Waals surface area (Å²) in [7, 11) is 0. The van der Waals surface area contributed by atoms with Crippen LogP contribution in [0.4, 0.5) is 0 Å². The average molecular weight is 207 g/mol. The zero-order valence-electron chi connectivity index (χ0n) is 8.30. The third-order valence-corrected chi connectivity index (χ3v) is 1.10. The lowest BCUT2D eigenvalue weighted by Crippen LogP contribution is -1.96. The highest BCUT2D eigenvalue weighted by Gasteiger charge is 1.86. The maximum atomic E-state index is 4.80. The maximum Gasteiger partial charge on any atom is 0.100 e. The van der Waals surface area contributed by atoms with Crippen LogP contribution in [-0.2, 0) is 9.78 Å². The smallest absolute Gasteiger partial charge is 0.100 e. The third-order valence-electron chi connectivity index (χ3n) is 1.10. The Balaban J connectivity index is 0. The lowest BCUT2D eigenvalue weighted by atomic mass is 10.3. The largest absolute Gasteiger partial charge is 0.236 e. The van der Waals surface area contributed by atoms with E-state index in [1.54, 1.807) is 6.08 Å². The Hall–Kier alpha value is -0.310. The fourth-order valence-electron chi connectivity index (χ4n) is 0.566. The van der Waals surface area contributed by atoms with Gasteiger partial charge in [-0.2, -0.15) is 0 Å². The number of unbranched alkanes of at least 4 members (excludes halogenated alkanes) is 2. The standard InChI is InChI=1S/C8H16O2.C2H3Cl/c1-3-5-6-8-10-9-7-4-2;1-2-3/h4H,2-3,5-8H2,1H3;2H,1H2. The Morgan fingerprint density at radius 2 is 1.85 bits per heavy atom. The molecule has 0 amide bonds. The van der Waals surface area contributed by atoms with Gasteiger partial charge in [-0.15, -0.1) is 6.58 Å². The Bertz CT molecular complexity index is 105. The van der Waals surface area contributed by atoms with Gasteiger partial charge in [0.05, 0.1) is 6.61 Å². The van der Waals surface area contributed by atoms with Crippen molar-refractivity contribution in [2.24, 2.45) is 0 Å². The van der Waals surface area contributed by atoms with Gasteiger partial charge in [0.2, 0.25) is 0 Å². The lowest BCUT2D eigenvalue weighted by molar-refractivity contribution is -0.286. The van der Waals surface area contributed by atoms with Crippen molar-refractivity contribution in [2.45, 2.75) is 26.2 Å². The number of halogens is 1. The Labute approximate surface area is 86.1 Å². The highest BCUT2D eigenvalue weighted by atomic mass is 35.5. The summed E-state index contributed by atoms with van der Waals surface area (Å²) in [6.07, 6.45) is 5.16. The van der Waals surface area contributed by atoms with Gasteiger partial charge < -0.3 is 0 Å². The van der Waals surface area contributed by atoms with Crippen molar-refractivity contribution in [2.75, 3.05) is 13.2 Å². The van der Waals surface area contributed by atoms with Gasteiger partial charge in [0.1, 0.15) is 6.61 Å². The van der Waals surface area contributed by atoms with E-state index < -0.39 is 0 Å². The van der Waals surface area contributed by atoms with E-state index in [1.807, 2.05) is 0 Å². The molecule has 0 aromatic carbocycles. The summed E-state index contributed by atoms with van der Waals surface area (Å²) in [5.74, 6) is 0. The van der Waals surface area contributed by atoms with E-state index in [2.05, 4.69) is 20.1 Å². The van der Waals surface area contributed by atoms with Crippen molar-refractivity contribution < 1.29 is 9.78 Å². The minimum absolute atomic E-state index is 0.478. The molecule has 0 spiro atoms. The monoisotopic (exact) mass is 206 g/mol. The number of hydrogen-bond donors (Lipinski definition) is 0. The third kappa shape index (κ3) is 24.5. The van der Waals surface area contributed by atoms with E-state index in [0.29, 0.717) is 13.2 Å². The van der Waals surface area contributed by atoms with Crippen LogP contribution in [0.15, 0.2) is 24.8 Å². The minimum Gasteiger partial charge on any atom is -0.236 e. The molecule has 0 unspecified atom stereocenters. The van der Waals surface area contributed by atoms with E-state index in [4.69, 9.17) is 21.4 Å². The molecule has 0 N–H and O–H groups in total. The highest BCUT2D eigenvalue weighted by Crippen LogP contribution is 1.93. The van der Waals surface area contributed by atoms with E-state index in [1.165, 1.54) is 18.4 Å². The van der Waals surface area contributed by atoms with Gasteiger partial charge in [-0.1, -0.05) is 44.0 Å². The Morgan fingerprint density at radius 3 is 2.31 bits per heavy atom. The number of rotatable bonds is 7. The molecule has 0 atom stereocenters. The van der Waals surface area contributed by atoms with Gasteiger partial charge >= 0.3 is 0 Å². The van der Waals surface area contributed by atoms with Crippen LogP contribution in [0.2, 0.25) is 0 Å². The lowest BCUT2D eigenvalue weighted by Gasteiger charge is -1.99. The summed E-state index contributed by atoms with van der Waals surface area (Å²) in [6.45, 7) is 9.95.